The molecule has 19 heavy (non-hydrogen) atoms. The van der Waals surface area contributed by atoms with Crippen LogP contribution in [0.3, 0.4) is 0 Å². The summed E-state index contributed by atoms with van der Waals surface area (Å²) in [5.74, 6) is 1.89. The summed E-state index contributed by atoms with van der Waals surface area (Å²) in [7, 11) is 0. The fourth-order valence-corrected chi connectivity index (χ4v) is 3.68. The van der Waals surface area contributed by atoms with Gasteiger partial charge < -0.3 is 10.5 Å². The molecule has 0 bridgehead atoms. The van der Waals surface area contributed by atoms with Crippen LogP contribution in [0.1, 0.15) is 32.1 Å². The largest absolute Gasteiger partial charge is 0.492 e. The van der Waals surface area contributed by atoms with Gasteiger partial charge in [0.2, 0.25) is 0 Å². The summed E-state index contributed by atoms with van der Waals surface area (Å²) in [4.78, 5) is 2.65. The molecule has 2 fully saturated rings. The molecule has 2 N–H and O–H groups in total. The number of anilines is 1. The number of hydrogen-bond acceptors (Lipinski definition) is 3. The van der Waals surface area contributed by atoms with E-state index in [4.69, 9.17) is 10.5 Å². The Morgan fingerprint density at radius 2 is 1.89 bits per heavy atom. The zero-order chi connectivity index (χ0) is 13.1. The van der Waals surface area contributed by atoms with E-state index in [1.165, 1.54) is 38.6 Å². The molecule has 0 amide bonds. The van der Waals surface area contributed by atoms with Gasteiger partial charge in [0.1, 0.15) is 12.4 Å². The van der Waals surface area contributed by atoms with E-state index < -0.39 is 0 Å². The average molecular weight is 260 g/mol. The van der Waals surface area contributed by atoms with Gasteiger partial charge in [-0.05, 0) is 62.4 Å². The maximum Gasteiger partial charge on any atom is 0.119 e. The van der Waals surface area contributed by atoms with E-state index in [2.05, 4.69) is 4.90 Å². The molecule has 1 heterocycles. The Bertz CT molecular complexity index is 404. The molecule has 1 aliphatic carbocycles. The van der Waals surface area contributed by atoms with Crippen molar-refractivity contribution >= 4 is 5.69 Å². The van der Waals surface area contributed by atoms with E-state index in [-0.39, 0.29) is 0 Å². The van der Waals surface area contributed by atoms with E-state index in [0.717, 1.165) is 36.5 Å². The number of ether oxygens (including phenoxy) is 1. The van der Waals surface area contributed by atoms with Gasteiger partial charge >= 0.3 is 0 Å². The minimum Gasteiger partial charge on any atom is -0.492 e. The first kappa shape index (κ1) is 12.8. The first-order valence-electron chi connectivity index (χ1n) is 7.55. The van der Waals surface area contributed by atoms with Crippen molar-refractivity contribution in [3.8, 4) is 5.75 Å². The highest BCUT2D eigenvalue weighted by Crippen LogP contribution is 2.36. The number of likely N-dealkylation sites (tertiary alicyclic amines) is 1. The summed E-state index contributed by atoms with van der Waals surface area (Å²) in [6.07, 6.45) is 7.07. The fourth-order valence-electron chi connectivity index (χ4n) is 3.68. The number of nitrogens with zero attached hydrogens (tertiary/aromatic N) is 1. The monoisotopic (exact) mass is 260 g/mol. The lowest BCUT2D eigenvalue weighted by Gasteiger charge is -2.37. The summed E-state index contributed by atoms with van der Waals surface area (Å²) < 4.78 is 5.81. The van der Waals surface area contributed by atoms with Gasteiger partial charge in [-0.15, -0.1) is 0 Å². The van der Waals surface area contributed by atoms with Crippen molar-refractivity contribution in [2.75, 3.05) is 25.4 Å². The second-order valence-corrected chi connectivity index (χ2v) is 5.85. The standard InChI is InChI=1S/C16H24N2O/c17-14-6-8-15(9-7-14)19-12-11-18-10-2-4-13-3-1-5-16(13)18/h6-9,13,16H,1-5,10-12,17H2. The number of benzene rings is 1. The topological polar surface area (TPSA) is 38.5 Å². The van der Waals surface area contributed by atoms with Crippen LogP contribution in [0.5, 0.6) is 5.75 Å². The zero-order valence-corrected chi connectivity index (χ0v) is 11.6. The minimum absolute atomic E-state index is 0.785. The van der Waals surface area contributed by atoms with Crippen molar-refractivity contribution in [3.05, 3.63) is 24.3 Å². The van der Waals surface area contributed by atoms with Crippen LogP contribution in [0.2, 0.25) is 0 Å². The van der Waals surface area contributed by atoms with E-state index in [1.54, 1.807) is 0 Å². The predicted molar refractivity (Wildman–Crippen MR) is 78.3 cm³/mol. The van der Waals surface area contributed by atoms with Crippen LogP contribution in [0.15, 0.2) is 24.3 Å². The molecule has 0 spiro atoms. The molecule has 2 unspecified atom stereocenters. The van der Waals surface area contributed by atoms with Gasteiger partial charge in [-0.2, -0.15) is 0 Å². The third kappa shape index (κ3) is 3.03. The molecule has 1 aromatic rings. The lowest BCUT2D eigenvalue weighted by molar-refractivity contribution is 0.0951. The Kier molecular flexibility index (Phi) is 3.92. The number of piperidine rings is 1. The number of rotatable bonds is 4. The van der Waals surface area contributed by atoms with Gasteiger partial charge in [0.25, 0.3) is 0 Å². The van der Waals surface area contributed by atoms with Gasteiger partial charge in [0.05, 0.1) is 0 Å². The molecule has 1 saturated carbocycles. The molecular weight excluding hydrogens is 236 g/mol. The number of nitrogens with two attached hydrogens (primary N) is 1. The third-order valence-electron chi connectivity index (χ3n) is 4.64. The maximum absolute atomic E-state index is 5.81. The molecule has 1 aliphatic heterocycles. The van der Waals surface area contributed by atoms with Crippen LogP contribution >= 0.6 is 0 Å². The van der Waals surface area contributed by atoms with Gasteiger partial charge in [-0.1, -0.05) is 6.42 Å². The first-order valence-corrected chi connectivity index (χ1v) is 7.55. The highest BCUT2D eigenvalue weighted by atomic mass is 16.5. The van der Waals surface area contributed by atoms with Crippen LogP contribution in [0.4, 0.5) is 5.69 Å². The molecule has 2 atom stereocenters. The van der Waals surface area contributed by atoms with Gasteiger partial charge in [-0.25, -0.2) is 0 Å². The van der Waals surface area contributed by atoms with E-state index in [0.29, 0.717) is 0 Å². The van der Waals surface area contributed by atoms with Gasteiger partial charge in [0.15, 0.2) is 0 Å². The molecule has 3 nitrogen and oxygen atoms in total. The quantitative estimate of drug-likeness (QED) is 0.846. The van der Waals surface area contributed by atoms with Crippen molar-refractivity contribution in [3.63, 3.8) is 0 Å². The lowest BCUT2D eigenvalue weighted by atomic mass is 9.92. The summed E-state index contributed by atoms with van der Waals surface area (Å²) in [6, 6.07) is 8.52. The Morgan fingerprint density at radius 1 is 1.11 bits per heavy atom. The van der Waals surface area contributed by atoms with Crippen LogP contribution in [-0.4, -0.2) is 30.6 Å². The second kappa shape index (κ2) is 5.83. The Hall–Kier alpha value is -1.22. The van der Waals surface area contributed by atoms with Crippen molar-refractivity contribution in [1.82, 2.24) is 4.90 Å². The number of fused-ring (bicyclic) bond motifs is 1. The summed E-state index contributed by atoms with van der Waals surface area (Å²) in [6.45, 7) is 3.10. The SMILES string of the molecule is Nc1ccc(OCCN2CCCC3CCCC32)cc1. The van der Waals surface area contributed by atoms with Gasteiger partial charge in [0, 0.05) is 18.3 Å². The fraction of sp³-hybridized carbons (Fsp3) is 0.625. The molecule has 0 aromatic heterocycles. The zero-order valence-electron chi connectivity index (χ0n) is 11.6. The molecule has 3 rings (SSSR count). The molecule has 3 heteroatoms. The number of hydrogen-bond donors (Lipinski definition) is 1. The lowest BCUT2D eigenvalue weighted by Crippen LogP contribution is -2.44. The molecule has 1 aromatic carbocycles. The average Bonchev–Trinajstić information content (AvgIpc) is 2.90. The van der Waals surface area contributed by atoms with Crippen LogP contribution in [0, 0.1) is 5.92 Å². The van der Waals surface area contributed by atoms with Gasteiger partial charge in [-0.3, -0.25) is 4.90 Å². The van der Waals surface area contributed by atoms with Crippen molar-refractivity contribution in [2.24, 2.45) is 5.92 Å². The van der Waals surface area contributed by atoms with Crippen LogP contribution in [-0.2, 0) is 0 Å². The first-order chi connectivity index (χ1) is 9.33. The minimum atomic E-state index is 0.785. The summed E-state index contributed by atoms with van der Waals surface area (Å²) >= 11 is 0. The van der Waals surface area contributed by atoms with Crippen LogP contribution in [0.25, 0.3) is 0 Å². The number of nitrogen functional groups attached to an aromatic ring is 1. The van der Waals surface area contributed by atoms with Crippen molar-refractivity contribution < 1.29 is 4.74 Å². The van der Waals surface area contributed by atoms with Crippen molar-refractivity contribution in [2.45, 2.75) is 38.1 Å². The van der Waals surface area contributed by atoms with Crippen LogP contribution < -0.4 is 10.5 Å². The molecule has 2 aliphatic rings. The van der Waals surface area contributed by atoms with E-state index >= 15 is 0 Å². The predicted octanol–water partition coefficient (Wildman–Crippen LogP) is 2.91. The Balaban J connectivity index is 1.48. The summed E-state index contributed by atoms with van der Waals surface area (Å²) in [5.41, 5.74) is 6.46. The van der Waals surface area contributed by atoms with E-state index in [1.807, 2.05) is 24.3 Å². The molecule has 104 valence electrons. The summed E-state index contributed by atoms with van der Waals surface area (Å²) in [5, 5.41) is 0. The third-order valence-corrected chi connectivity index (χ3v) is 4.64. The second-order valence-electron chi connectivity index (χ2n) is 5.85. The Labute approximate surface area is 115 Å². The molecular formula is C16H24N2O. The molecule has 1 saturated heterocycles. The normalized spacial score (nSPS) is 27.2. The molecule has 0 radical (unpaired) electrons. The highest BCUT2D eigenvalue weighted by molar-refractivity contribution is 5.41. The van der Waals surface area contributed by atoms with Crippen molar-refractivity contribution in [1.29, 1.82) is 0 Å². The van der Waals surface area contributed by atoms with E-state index in [9.17, 15) is 0 Å². The maximum atomic E-state index is 5.81. The smallest absolute Gasteiger partial charge is 0.119 e. The Morgan fingerprint density at radius 3 is 2.74 bits per heavy atom. The highest BCUT2D eigenvalue weighted by Gasteiger charge is 2.34.